The van der Waals surface area contributed by atoms with Crippen LogP contribution in [-0.4, -0.2) is 36.1 Å². The molecule has 0 saturated carbocycles. The zero-order chi connectivity index (χ0) is 13.0. The number of anilines is 1. The molecule has 1 fully saturated rings. The molecule has 2 rings (SSSR count). The quantitative estimate of drug-likeness (QED) is 0.872. The van der Waals surface area contributed by atoms with Gasteiger partial charge in [-0.2, -0.15) is 5.26 Å². The summed E-state index contributed by atoms with van der Waals surface area (Å²) in [5.41, 5.74) is 6.57. The van der Waals surface area contributed by atoms with E-state index in [0.717, 1.165) is 13.0 Å². The van der Waals surface area contributed by atoms with E-state index in [2.05, 4.69) is 16.9 Å². The second-order valence-corrected chi connectivity index (χ2v) is 4.63. The first kappa shape index (κ1) is 12.7. The zero-order valence-corrected chi connectivity index (χ0v) is 10.6. The fourth-order valence-corrected chi connectivity index (χ4v) is 2.20. The van der Waals surface area contributed by atoms with Crippen LogP contribution < -0.4 is 10.5 Å². The molecule has 2 heterocycles. The molecule has 0 amide bonds. The molecule has 0 radical (unpaired) electrons. The molecule has 0 aliphatic carbocycles. The van der Waals surface area contributed by atoms with Gasteiger partial charge in [0.1, 0.15) is 18.4 Å². The van der Waals surface area contributed by atoms with Crippen LogP contribution in [0.2, 0.25) is 0 Å². The van der Waals surface area contributed by atoms with Crippen LogP contribution in [0.1, 0.15) is 24.8 Å². The number of likely N-dealkylation sites (tertiary alicyclic amines) is 1. The number of aromatic nitrogens is 1. The molecule has 5 nitrogen and oxygen atoms in total. The Kier molecular flexibility index (Phi) is 4.00. The largest absolute Gasteiger partial charge is 0.475 e. The Labute approximate surface area is 107 Å². The van der Waals surface area contributed by atoms with Crippen molar-refractivity contribution in [1.82, 2.24) is 9.88 Å². The Hall–Kier alpha value is -1.80. The van der Waals surface area contributed by atoms with E-state index in [-0.39, 0.29) is 0 Å². The SMILES string of the molecule is CN1CCCCC1COc1nccc(C#N)c1N. The number of hydrogen-bond donors (Lipinski definition) is 1. The number of nitrogens with zero attached hydrogens (tertiary/aromatic N) is 3. The van der Waals surface area contributed by atoms with Crippen LogP contribution in [0.15, 0.2) is 12.3 Å². The monoisotopic (exact) mass is 246 g/mol. The Morgan fingerprint density at radius 3 is 3.17 bits per heavy atom. The van der Waals surface area contributed by atoms with E-state index >= 15 is 0 Å². The summed E-state index contributed by atoms with van der Waals surface area (Å²) >= 11 is 0. The van der Waals surface area contributed by atoms with Crippen LogP contribution in [-0.2, 0) is 0 Å². The number of piperidine rings is 1. The molecule has 1 atom stereocenters. The normalized spacial score (nSPS) is 20.3. The van der Waals surface area contributed by atoms with Crippen molar-refractivity contribution < 1.29 is 4.74 Å². The average Bonchev–Trinajstić information content (AvgIpc) is 2.39. The highest BCUT2D eigenvalue weighted by molar-refractivity contribution is 5.59. The van der Waals surface area contributed by atoms with Gasteiger partial charge in [0.2, 0.25) is 5.88 Å². The van der Waals surface area contributed by atoms with E-state index in [0.29, 0.717) is 29.8 Å². The Bertz CT molecular complexity index is 455. The minimum Gasteiger partial charge on any atom is -0.475 e. The minimum atomic E-state index is 0.332. The molecule has 96 valence electrons. The lowest BCUT2D eigenvalue weighted by molar-refractivity contribution is 0.123. The fourth-order valence-electron chi connectivity index (χ4n) is 2.20. The molecule has 1 saturated heterocycles. The van der Waals surface area contributed by atoms with E-state index in [1.165, 1.54) is 12.8 Å². The molecule has 1 unspecified atom stereocenters. The molecule has 2 N–H and O–H groups in total. The lowest BCUT2D eigenvalue weighted by atomic mass is 10.0. The molecule has 0 spiro atoms. The Morgan fingerprint density at radius 1 is 1.61 bits per heavy atom. The third-order valence-corrected chi connectivity index (χ3v) is 3.41. The van der Waals surface area contributed by atoms with Crippen molar-refractivity contribution in [3.8, 4) is 11.9 Å². The molecule has 1 aromatic rings. The van der Waals surface area contributed by atoms with E-state index in [1.54, 1.807) is 12.3 Å². The molecule has 18 heavy (non-hydrogen) atoms. The third-order valence-electron chi connectivity index (χ3n) is 3.41. The number of rotatable bonds is 3. The Morgan fingerprint density at radius 2 is 2.44 bits per heavy atom. The number of nitrogens with two attached hydrogens (primary N) is 1. The highest BCUT2D eigenvalue weighted by Crippen LogP contribution is 2.23. The number of likely N-dealkylation sites (N-methyl/N-ethyl adjacent to an activating group) is 1. The summed E-state index contributed by atoms with van der Waals surface area (Å²) in [5.74, 6) is 0.369. The number of hydrogen-bond acceptors (Lipinski definition) is 5. The summed E-state index contributed by atoms with van der Waals surface area (Å²) < 4.78 is 5.66. The van der Waals surface area contributed by atoms with Crippen molar-refractivity contribution in [2.75, 3.05) is 25.9 Å². The molecular weight excluding hydrogens is 228 g/mol. The molecular formula is C13H18N4O. The topological polar surface area (TPSA) is 75.2 Å². The standard InChI is InChI=1S/C13H18N4O/c1-17-7-3-2-4-11(17)9-18-13-12(15)10(8-14)5-6-16-13/h5-6,11H,2-4,7,9,15H2,1H3. The molecule has 1 aliphatic rings. The van der Waals surface area contributed by atoms with E-state index in [1.807, 2.05) is 6.07 Å². The van der Waals surface area contributed by atoms with Crippen molar-refractivity contribution in [1.29, 1.82) is 5.26 Å². The van der Waals surface area contributed by atoms with Crippen LogP contribution in [0.3, 0.4) is 0 Å². The van der Waals surface area contributed by atoms with Gasteiger partial charge in [-0.1, -0.05) is 6.42 Å². The van der Waals surface area contributed by atoms with Gasteiger partial charge in [0.05, 0.1) is 5.56 Å². The van der Waals surface area contributed by atoms with Gasteiger partial charge in [-0.15, -0.1) is 0 Å². The van der Waals surface area contributed by atoms with Gasteiger partial charge in [0.15, 0.2) is 0 Å². The first-order valence-electron chi connectivity index (χ1n) is 6.20. The average molecular weight is 246 g/mol. The van der Waals surface area contributed by atoms with Crippen LogP contribution in [0.25, 0.3) is 0 Å². The first-order chi connectivity index (χ1) is 8.72. The van der Waals surface area contributed by atoms with E-state index in [4.69, 9.17) is 15.7 Å². The smallest absolute Gasteiger partial charge is 0.238 e. The lowest BCUT2D eigenvalue weighted by Gasteiger charge is -2.32. The van der Waals surface area contributed by atoms with Crippen LogP contribution in [0.4, 0.5) is 5.69 Å². The predicted molar refractivity (Wildman–Crippen MR) is 69.1 cm³/mol. The van der Waals surface area contributed by atoms with Gasteiger partial charge >= 0.3 is 0 Å². The summed E-state index contributed by atoms with van der Waals surface area (Å²) in [5, 5.41) is 8.88. The zero-order valence-electron chi connectivity index (χ0n) is 10.6. The van der Waals surface area contributed by atoms with Crippen LogP contribution in [0.5, 0.6) is 5.88 Å². The van der Waals surface area contributed by atoms with Crippen LogP contribution in [0, 0.1) is 11.3 Å². The Balaban J connectivity index is 2.00. The summed E-state index contributed by atoms with van der Waals surface area (Å²) in [6.07, 6.45) is 5.17. The second kappa shape index (κ2) is 5.69. The van der Waals surface area contributed by atoms with Crippen LogP contribution >= 0.6 is 0 Å². The molecule has 0 aromatic carbocycles. The van der Waals surface area contributed by atoms with E-state index in [9.17, 15) is 0 Å². The number of ether oxygens (including phenoxy) is 1. The van der Waals surface area contributed by atoms with Gasteiger partial charge in [0.25, 0.3) is 0 Å². The maximum absolute atomic E-state index is 8.88. The van der Waals surface area contributed by atoms with Crippen molar-refractivity contribution in [2.45, 2.75) is 25.3 Å². The van der Waals surface area contributed by atoms with Gasteiger partial charge in [0, 0.05) is 12.2 Å². The van der Waals surface area contributed by atoms with E-state index < -0.39 is 0 Å². The first-order valence-corrected chi connectivity index (χ1v) is 6.20. The van der Waals surface area contributed by atoms with Gasteiger partial charge in [-0.05, 0) is 32.5 Å². The number of nitrogen functional groups attached to an aromatic ring is 1. The van der Waals surface area contributed by atoms with Gasteiger partial charge in [-0.25, -0.2) is 4.98 Å². The highest BCUT2D eigenvalue weighted by atomic mass is 16.5. The minimum absolute atomic E-state index is 0.332. The lowest BCUT2D eigenvalue weighted by Crippen LogP contribution is -2.40. The second-order valence-electron chi connectivity index (χ2n) is 4.63. The summed E-state index contributed by atoms with van der Waals surface area (Å²) in [4.78, 5) is 6.38. The maximum Gasteiger partial charge on any atom is 0.238 e. The molecule has 0 bridgehead atoms. The van der Waals surface area contributed by atoms with Gasteiger partial charge in [-0.3, -0.25) is 0 Å². The third kappa shape index (κ3) is 2.71. The molecule has 1 aromatic heterocycles. The fraction of sp³-hybridized carbons (Fsp3) is 0.538. The van der Waals surface area contributed by atoms with Crippen molar-refractivity contribution in [3.05, 3.63) is 17.8 Å². The summed E-state index contributed by atoms with van der Waals surface area (Å²) in [6, 6.07) is 4.03. The molecule has 1 aliphatic heterocycles. The summed E-state index contributed by atoms with van der Waals surface area (Å²) in [6.45, 7) is 1.68. The maximum atomic E-state index is 8.88. The number of nitriles is 1. The van der Waals surface area contributed by atoms with Crippen molar-refractivity contribution in [2.24, 2.45) is 0 Å². The summed E-state index contributed by atoms with van der Waals surface area (Å²) in [7, 11) is 2.11. The number of pyridine rings is 1. The van der Waals surface area contributed by atoms with Gasteiger partial charge < -0.3 is 15.4 Å². The predicted octanol–water partition coefficient (Wildman–Crippen LogP) is 1.40. The van der Waals surface area contributed by atoms with Crippen molar-refractivity contribution >= 4 is 5.69 Å². The van der Waals surface area contributed by atoms with Crippen molar-refractivity contribution in [3.63, 3.8) is 0 Å². The molecule has 5 heteroatoms. The highest BCUT2D eigenvalue weighted by Gasteiger charge is 2.20.